The Hall–Kier alpha value is -3.07. The van der Waals surface area contributed by atoms with Gasteiger partial charge in [0.05, 0.1) is 33.2 Å². The number of benzene rings is 1. The molecule has 1 aromatic carbocycles. The second-order valence-electron chi connectivity index (χ2n) is 5.37. The summed E-state index contributed by atoms with van der Waals surface area (Å²) in [5.41, 5.74) is 1.65. The van der Waals surface area contributed by atoms with Gasteiger partial charge in [0.1, 0.15) is 0 Å². The van der Waals surface area contributed by atoms with Gasteiger partial charge in [-0.3, -0.25) is 0 Å². The lowest BCUT2D eigenvalue weighted by Gasteiger charge is -2.13. The third-order valence-electron chi connectivity index (χ3n) is 3.86. The average Bonchev–Trinajstić information content (AvgIpc) is 3.23. The predicted octanol–water partition coefficient (Wildman–Crippen LogP) is 2.85. The Kier molecular flexibility index (Phi) is 5.08. The molecule has 0 aliphatic carbocycles. The van der Waals surface area contributed by atoms with Crippen molar-refractivity contribution >= 4 is 18.4 Å². The molecule has 3 aromatic rings. The third-order valence-corrected chi connectivity index (χ3v) is 4.13. The molecule has 3 rings (SSSR count). The van der Waals surface area contributed by atoms with Gasteiger partial charge < -0.3 is 18.8 Å². The van der Waals surface area contributed by atoms with Crippen LogP contribution in [0.15, 0.2) is 35.6 Å². The van der Waals surface area contributed by atoms with E-state index in [0.29, 0.717) is 27.8 Å². The summed E-state index contributed by atoms with van der Waals surface area (Å²) in [4.78, 5) is 0. The van der Waals surface area contributed by atoms with Crippen LogP contribution in [-0.2, 0) is 7.05 Å². The van der Waals surface area contributed by atoms with Crippen molar-refractivity contribution in [2.24, 2.45) is 12.1 Å². The van der Waals surface area contributed by atoms with Crippen LogP contribution in [0.5, 0.6) is 17.2 Å². The van der Waals surface area contributed by atoms with Crippen molar-refractivity contribution in [3.8, 4) is 28.6 Å². The number of aromatic nitrogens is 4. The summed E-state index contributed by atoms with van der Waals surface area (Å²) >= 11 is 5.31. The lowest BCUT2D eigenvalue weighted by atomic mass is 10.1. The second kappa shape index (κ2) is 7.44. The molecule has 0 fully saturated rings. The van der Waals surface area contributed by atoms with Gasteiger partial charge in [-0.15, -0.1) is 0 Å². The van der Waals surface area contributed by atoms with E-state index in [2.05, 4.69) is 15.3 Å². The van der Waals surface area contributed by atoms with Crippen molar-refractivity contribution in [3.63, 3.8) is 0 Å². The van der Waals surface area contributed by atoms with Crippen LogP contribution in [0.2, 0.25) is 0 Å². The SMILES string of the molecule is COc1cc(-c2n[nH]c(=S)n2N=Cc2cccn2C)cc(OC)c1OC. The summed E-state index contributed by atoms with van der Waals surface area (Å²) in [7, 11) is 6.62. The Morgan fingerprint density at radius 3 is 2.38 bits per heavy atom. The smallest absolute Gasteiger partial charge is 0.216 e. The first-order valence-electron chi connectivity index (χ1n) is 7.72. The highest BCUT2D eigenvalue weighted by Crippen LogP contribution is 2.40. The van der Waals surface area contributed by atoms with Crippen LogP contribution in [0.25, 0.3) is 11.4 Å². The summed E-state index contributed by atoms with van der Waals surface area (Å²) in [5, 5.41) is 11.5. The van der Waals surface area contributed by atoms with Gasteiger partial charge in [-0.2, -0.15) is 14.9 Å². The van der Waals surface area contributed by atoms with Crippen molar-refractivity contribution in [3.05, 3.63) is 40.9 Å². The molecular weight excluding hydrogens is 354 g/mol. The number of H-pyrrole nitrogens is 1. The van der Waals surface area contributed by atoms with Gasteiger partial charge in [-0.25, -0.2) is 5.10 Å². The summed E-state index contributed by atoms with van der Waals surface area (Å²) < 4.78 is 20.0. The fourth-order valence-corrected chi connectivity index (χ4v) is 2.70. The molecule has 0 bridgehead atoms. The molecule has 0 aliphatic rings. The maximum atomic E-state index is 5.40. The maximum absolute atomic E-state index is 5.40. The highest BCUT2D eigenvalue weighted by Gasteiger charge is 2.17. The maximum Gasteiger partial charge on any atom is 0.216 e. The number of rotatable bonds is 6. The topological polar surface area (TPSA) is 78.6 Å². The predicted molar refractivity (Wildman–Crippen MR) is 101 cm³/mol. The molecule has 1 N–H and O–H groups in total. The van der Waals surface area contributed by atoms with Crippen LogP contribution < -0.4 is 14.2 Å². The van der Waals surface area contributed by atoms with Crippen LogP contribution in [0, 0.1) is 4.77 Å². The van der Waals surface area contributed by atoms with E-state index in [-0.39, 0.29) is 0 Å². The number of methoxy groups -OCH3 is 3. The first kappa shape index (κ1) is 17.7. The molecule has 0 saturated carbocycles. The lowest BCUT2D eigenvalue weighted by Crippen LogP contribution is -2.00. The van der Waals surface area contributed by atoms with Gasteiger partial charge in [-0.1, -0.05) is 0 Å². The van der Waals surface area contributed by atoms with Crippen molar-refractivity contribution in [2.45, 2.75) is 0 Å². The highest BCUT2D eigenvalue weighted by atomic mass is 32.1. The van der Waals surface area contributed by atoms with Crippen molar-refractivity contribution < 1.29 is 14.2 Å². The summed E-state index contributed by atoms with van der Waals surface area (Å²) in [6, 6.07) is 7.48. The van der Waals surface area contributed by atoms with Gasteiger partial charge in [-0.05, 0) is 36.5 Å². The normalized spacial score (nSPS) is 11.1. The largest absolute Gasteiger partial charge is 0.493 e. The molecular formula is C17H19N5O3S. The van der Waals surface area contributed by atoms with Crippen molar-refractivity contribution in [2.75, 3.05) is 21.3 Å². The first-order valence-corrected chi connectivity index (χ1v) is 8.13. The minimum absolute atomic E-state index is 0.374. The Balaban J connectivity index is 2.10. The molecule has 9 heteroatoms. The fourth-order valence-electron chi connectivity index (χ4n) is 2.52. The molecule has 0 radical (unpaired) electrons. The minimum Gasteiger partial charge on any atom is -0.493 e. The van der Waals surface area contributed by atoms with Gasteiger partial charge in [0.15, 0.2) is 17.3 Å². The summed E-state index contributed by atoms with van der Waals surface area (Å²) in [6.07, 6.45) is 3.66. The zero-order chi connectivity index (χ0) is 18.7. The molecule has 0 spiro atoms. The lowest BCUT2D eigenvalue weighted by molar-refractivity contribution is 0.324. The molecule has 8 nitrogen and oxygen atoms in total. The van der Waals surface area contributed by atoms with Crippen LogP contribution >= 0.6 is 12.2 Å². The van der Waals surface area contributed by atoms with E-state index < -0.39 is 0 Å². The standard InChI is InChI=1S/C17H19N5O3S/c1-21-7-5-6-12(21)10-18-22-16(19-20-17(22)26)11-8-13(23-2)15(25-4)14(9-11)24-3/h5-10H,1-4H3,(H,20,26). The molecule has 0 saturated heterocycles. The first-order chi connectivity index (χ1) is 12.6. The quantitative estimate of drug-likeness (QED) is 0.531. The van der Waals surface area contributed by atoms with E-state index in [9.17, 15) is 0 Å². The van der Waals surface area contributed by atoms with Crippen LogP contribution in [-0.4, -0.2) is 47.0 Å². The van der Waals surface area contributed by atoms with E-state index in [0.717, 1.165) is 11.3 Å². The zero-order valence-electron chi connectivity index (χ0n) is 14.9. The molecule has 0 amide bonds. The Morgan fingerprint density at radius 2 is 1.85 bits per heavy atom. The number of ether oxygens (including phenoxy) is 3. The monoisotopic (exact) mass is 373 g/mol. The third kappa shape index (κ3) is 3.21. The number of hydrogen-bond donors (Lipinski definition) is 1. The fraction of sp³-hybridized carbons (Fsp3) is 0.235. The molecule has 2 aromatic heterocycles. The number of aromatic amines is 1. The summed E-state index contributed by atoms with van der Waals surface area (Å²) in [6.45, 7) is 0. The molecule has 136 valence electrons. The van der Waals surface area contributed by atoms with E-state index in [1.165, 1.54) is 0 Å². The Bertz CT molecular complexity index is 977. The number of hydrogen-bond acceptors (Lipinski definition) is 6. The number of nitrogens with one attached hydrogen (secondary N) is 1. The molecule has 26 heavy (non-hydrogen) atoms. The van der Waals surface area contributed by atoms with E-state index in [4.69, 9.17) is 26.4 Å². The van der Waals surface area contributed by atoms with E-state index in [1.807, 2.05) is 29.9 Å². The number of aryl methyl sites for hydroxylation is 1. The average molecular weight is 373 g/mol. The van der Waals surface area contributed by atoms with Gasteiger partial charge >= 0.3 is 0 Å². The highest BCUT2D eigenvalue weighted by molar-refractivity contribution is 7.71. The molecule has 0 atom stereocenters. The van der Waals surface area contributed by atoms with E-state index in [1.54, 1.807) is 44.4 Å². The van der Waals surface area contributed by atoms with Gasteiger partial charge in [0.2, 0.25) is 10.5 Å². The van der Waals surface area contributed by atoms with Crippen molar-refractivity contribution in [1.29, 1.82) is 0 Å². The molecule has 0 unspecified atom stereocenters. The summed E-state index contributed by atoms with van der Waals surface area (Å²) in [5.74, 6) is 2.08. The van der Waals surface area contributed by atoms with Gasteiger partial charge in [0.25, 0.3) is 0 Å². The van der Waals surface area contributed by atoms with Crippen LogP contribution in [0.3, 0.4) is 0 Å². The molecule has 0 aliphatic heterocycles. The van der Waals surface area contributed by atoms with E-state index >= 15 is 0 Å². The Labute approximate surface area is 155 Å². The Morgan fingerprint density at radius 1 is 1.15 bits per heavy atom. The number of nitrogens with zero attached hydrogens (tertiary/aromatic N) is 4. The van der Waals surface area contributed by atoms with Gasteiger partial charge in [0, 0.05) is 18.8 Å². The van der Waals surface area contributed by atoms with Crippen LogP contribution in [0.1, 0.15) is 5.69 Å². The molecule has 2 heterocycles. The second-order valence-corrected chi connectivity index (χ2v) is 5.75. The van der Waals surface area contributed by atoms with Crippen LogP contribution in [0.4, 0.5) is 0 Å². The minimum atomic E-state index is 0.374. The zero-order valence-corrected chi connectivity index (χ0v) is 15.7. The van der Waals surface area contributed by atoms with Crippen molar-refractivity contribution in [1.82, 2.24) is 19.4 Å².